The molecule has 0 aliphatic heterocycles. The maximum absolute atomic E-state index is 12.1. The third-order valence-electron chi connectivity index (χ3n) is 5.20. The predicted octanol–water partition coefficient (Wildman–Crippen LogP) is 2.44. The maximum Gasteiger partial charge on any atom is 0.213 e. The van der Waals surface area contributed by atoms with E-state index in [0.717, 1.165) is 24.1 Å². The van der Waals surface area contributed by atoms with E-state index in [0.29, 0.717) is 25.0 Å². The van der Waals surface area contributed by atoms with Crippen molar-refractivity contribution in [2.45, 2.75) is 32.2 Å². The second kappa shape index (κ2) is 11.7. The van der Waals surface area contributed by atoms with Gasteiger partial charge in [-0.1, -0.05) is 18.6 Å². The van der Waals surface area contributed by atoms with Crippen LogP contribution in [0.15, 0.2) is 47.7 Å². The number of rotatable bonds is 9. The van der Waals surface area contributed by atoms with E-state index in [-0.39, 0.29) is 35.8 Å². The monoisotopic (exact) mass is 546 g/mol. The van der Waals surface area contributed by atoms with E-state index in [2.05, 4.69) is 31.5 Å². The van der Waals surface area contributed by atoms with Gasteiger partial charge in [0.25, 0.3) is 0 Å². The molecule has 1 aliphatic carbocycles. The molecule has 1 unspecified atom stereocenters. The second-order valence-corrected chi connectivity index (χ2v) is 9.30. The van der Waals surface area contributed by atoms with Crippen molar-refractivity contribution in [1.82, 2.24) is 25.1 Å². The Morgan fingerprint density at radius 2 is 2.13 bits per heavy atom. The molecule has 1 fully saturated rings. The number of sulfonamides is 1. The zero-order valence-electron chi connectivity index (χ0n) is 17.4. The molecule has 30 heavy (non-hydrogen) atoms. The van der Waals surface area contributed by atoms with Crippen LogP contribution in [-0.4, -0.2) is 50.0 Å². The van der Waals surface area contributed by atoms with Crippen molar-refractivity contribution < 1.29 is 8.42 Å². The molecule has 1 saturated carbocycles. The van der Waals surface area contributed by atoms with Crippen LogP contribution < -0.4 is 15.4 Å². The van der Waals surface area contributed by atoms with Crippen molar-refractivity contribution >= 4 is 40.0 Å². The van der Waals surface area contributed by atoms with Crippen LogP contribution in [0.4, 0.5) is 0 Å². The lowest BCUT2D eigenvalue weighted by atomic mass is 9.86. The van der Waals surface area contributed by atoms with Crippen LogP contribution in [0.5, 0.6) is 0 Å². The Balaban J connectivity index is 0.00000320. The zero-order valence-corrected chi connectivity index (χ0v) is 20.6. The van der Waals surface area contributed by atoms with Gasteiger partial charge in [-0.25, -0.2) is 17.8 Å². The highest BCUT2D eigenvalue weighted by Gasteiger charge is 2.20. The molecular formula is C20H31IN6O2S. The first-order valence-corrected chi connectivity index (χ1v) is 11.7. The summed E-state index contributed by atoms with van der Waals surface area (Å²) in [5.41, 5.74) is 2.06. The minimum atomic E-state index is -3.27. The Labute approximate surface area is 196 Å². The van der Waals surface area contributed by atoms with Gasteiger partial charge in [0.1, 0.15) is 0 Å². The van der Waals surface area contributed by atoms with Gasteiger partial charge in [0.15, 0.2) is 5.96 Å². The fourth-order valence-electron chi connectivity index (χ4n) is 3.16. The number of guanidine groups is 1. The molecule has 3 N–H and O–H groups in total. The van der Waals surface area contributed by atoms with Crippen molar-refractivity contribution in [3.8, 4) is 5.69 Å². The summed E-state index contributed by atoms with van der Waals surface area (Å²) >= 11 is 0. The number of hydrogen-bond acceptors (Lipinski definition) is 4. The van der Waals surface area contributed by atoms with E-state index < -0.39 is 10.0 Å². The predicted molar refractivity (Wildman–Crippen MR) is 131 cm³/mol. The lowest BCUT2D eigenvalue weighted by molar-refractivity contribution is 0.316. The van der Waals surface area contributed by atoms with Gasteiger partial charge in [-0.05, 0) is 49.4 Å². The largest absolute Gasteiger partial charge is 0.355 e. The molecule has 1 aliphatic rings. The van der Waals surface area contributed by atoms with Crippen LogP contribution in [0, 0.1) is 5.92 Å². The molecular weight excluding hydrogens is 515 g/mol. The molecule has 0 saturated heterocycles. The first-order valence-electron chi connectivity index (χ1n) is 10.0. The minimum Gasteiger partial charge on any atom is -0.355 e. The standard InChI is InChI=1S/C20H30N6O2S.HI/c1-16(18-8-4-9-19(14-18)26-12-5-10-23-26)25-20(21-2)22-11-13-29(27,28)24-15-17-6-3-7-17;/h4-5,8-10,12,14,16-17,24H,3,6-7,11,13,15H2,1-2H3,(H2,21,22,25);1H. The SMILES string of the molecule is CN=C(NCCS(=O)(=O)NCC1CCC1)NC(C)c1cccc(-n2cccn2)c1.I. The van der Waals surface area contributed by atoms with Gasteiger partial charge in [0.2, 0.25) is 10.0 Å². The number of halogens is 1. The van der Waals surface area contributed by atoms with Gasteiger partial charge in [-0.15, -0.1) is 24.0 Å². The fourth-order valence-corrected chi connectivity index (χ4v) is 4.16. The first kappa shape index (κ1) is 24.6. The Morgan fingerprint density at radius 3 is 2.77 bits per heavy atom. The highest BCUT2D eigenvalue weighted by molar-refractivity contribution is 14.0. The summed E-state index contributed by atoms with van der Waals surface area (Å²) in [5.74, 6) is 1.09. The maximum atomic E-state index is 12.1. The van der Waals surface area contributed by atoms with Gasteiger partial charge in [0, 0.05) is 32.5 Å². The molecule has 1 heterocycles. The summed E-state index contributed by atoms with van der Waals surface area (Å²) < 4.78 is 28.8. The van der Waals surface area contributed by atoms with Gasteiger partial charge >= 0.3 is 0 Å². The van der Waals surface area contributed by atoms with Crippen molar-refractivity contribution in [1.29, 1.82) is 0 Å². The number of benzene rings is 1. The molecule has 8 nitrogen and oxygen atoms in total. The lowest BCUT2D eigenvalue weighted by Gasteiger charge is -2.25. The number of aromatic nitrogens is 2. The molecule has 0 amide bonds. The third-order valence-corrected chi connectivity index (χ3v) is 6.54. The fraction of sp³-hybridized carbons (Fsp3) is 0.500. The van der Waals surface area contributed by atoms with Crippen molar-refractivity contribution in [2.75, 3.05) is 25.9 Å². The summed E-state index contributed by atoms with van der Waals surface area (Å²) in [7, 11) is -1.60. The minimum absolute atomic E-state index is 0. The Kier molecular flexibility index (Phi) is 9.56. The molecule has 0 bridgehead atoms. The van der Waals surface area contributed by atoms with Crippen LogP contribution in [0.25, 0.3) is 5.69 Å². The summed E-state index contributed by atoms with van der Waals surface area (Å²) in [4.78, 5) is 4.20. The Morgan fingerprint density at radius 1 is 1.33 bits per heavy atom. The molecule has 0 spiro atoms. The molecule has 0 radical (unpaired) electrons. The highest BCUT2D eigenvalue weighted by atomic mass is 127. The normalized spacial score (nSPS) is 15.7. The molecule has 3 rings (SSSR count). The van der Waals surface area contributed by atoms with E-state index in [1.807, 2.05) is 42.1 Å². The molecule has 2 aromatic rings. The van der Waals surface area contributed by atoms with Crippen LogP contribution in [0.3, 0.4) is 0 Å². The Hall–Kier alpha value is -1.66. The second-order valence-electron chi connectivity index (χ2n) is 7.37. The van der Waals surface area contributed by atoms with Crippen LogP contribution in [0.1, 0.15) is 37.8 Å². The first-order chi connectivity index (χ1) is 14.0. The highest BCUT2D eigenvalue weighted by Crippen LogP contribution is 2.25. The van der Waals surface area contributed by atoms with Crippen LogP contribution in [-0.2, 0) is 10.0 Å². The Bertz CT molecular complexity index is 913. The van der Waals surface area contributed by atoms with Crippen molar-refractivity contribution in [2.24, 2.45) is 10.9 Å². The number of nitrogens with zero attached hydrogens (tertiary/aromatic N) is 3. The average molecular weight is 546 g/mol. The third kappa shape index (κ3) is 7.24. The van der Waals surface area contributed by atoms with E-state index in [9.17, 15) is 8.42 Å². The van der Waals surface area contributed by atoms with Gasteiger partial charge in [-0.3, -0.25) is 4.99 Å². The van der Waals surface area contributed by atoms with E-state index in [1.165, 1.54) is 6.42 Å². The zero-order chi connectivity index (χ0) is 20.7. The van der Waals surface area contributed by atoms with Crippen molar-refractivity contribution in [3.63, 3.8) is 0 Å². The van der Waals surface area contributed by atoms with E-state index in [1.54, 1.807) is 13.2 Å². The summed E-state index contributed by atoms with van der Waals surface area (Å²) in [6, 6.07) is 9.96. The van der Waals surface area contributed by atoms with Gasteiger partial charge < -0.3 is 10.6 Å². The summed E-state index contributed by atoms with van der Waals surface area (Å²) in [6.45, 7) is 2.88. The van der Waals surface area contributed by atoms with Crippen LogP contribution in [0.2, 0.25) is 0 Å². The molecule has 1 aromatic heterocycles. The van der Waals surface area contributed by atoms with Crippen LogP contribution >= 0.6 is 24.0 Å². The summed E-state index contributed by atoms with van der Waals surface area (Å²) in [6.07, 6.45) is 7.10. The average Bonchev–Trinajstić information content (AvgIpc) is 3.20. The summed E-state index contributed by atoms with van der Waals surface area (Å²) in [5, 5.41) is 10.7. The lowest BCUT2D eigenvalue weighted by Crippen LogP contribution is -2.42. The van der Waals surface area contributed by atoms with Gasteiger partial charge in [-0.2, -0.15) is 5.10 Å². The molecule has 1 atom stereocenters. The molecule has 1 aromatic carbocycles. The van der Waals surface area contributed by atoms with E-state index >= 15 is 0 Å². The topological polar surface area (TPSA) is 100 Å². The van der Waals surface area contributed by atoms with E-state index in [4.69, 9.17) is 0 Å². The number of aliphatic imine (C=N–C) groups is 1. The smallest absolute Gasteiger partial charge is 0.213 e. The number of nitrogens with one attached hydrogen (secondary N) is 3. The molecule has 10 heteroatoms. The quantitative estimate of drug-likeness (QED) is 0.255. The van der Waals surface area contributed by atoms with Gasteiger partial charge in [0.05, 0.1) is 17.5 Å². The van der Waals surface area contributed by atoms with Crippen molar-refractivity contribution in [3.05, 3.63) is 48.3 Å². The number of hydrogen-bond donors (Lipinski definition) is 3. The molecule has 166 valence electrons.